The predicted molar refractivity (Wildman–Crippen MR) is 212 cm³/mol. The summed E-state index contributed by atoms with van der Waals surface area (Å²) in [5, 5.41) is 13.7. The number of rotatable bonds is 37. The van der Waals surface area contributed by atoms with E-state index in [2.05, 4.69) is 43.5 Å². The molecule has 0 fully saturated rings. The van der Waals surface area contributed by atoms with E-state index < -0.39 is 20.0 Å². The van der Waals surface area contributed by atoms with Crippen molar-refractivity contribution in [1.29, 1.82) is 0 Å². The standard InChI is InChI=1S/C41H81N2O6P/c1-6-8-10-12-13-14-15-16-17-18-19-20-21-22-23-24-25-26-27-28-29-31-33-35-41(45)42-39(40(44)34-32-30-11-9-7-2)38-49-50(46,47)48-37-36-43(3,4)5/h15-16,18-19,39-40,44H,6-14,17,20-38H2,1-5H3,(H-,42,45,46,47)/p+1/b16-15-,19-18-. The molecule has 0 saturated heterocycles. The zero-order valence-electron chi connectivity index (χ0n) is 33.4. The van der Waals surface area contributed by atoms with Crippen LogP contribution in [0.15, 0.2) is 24.3 Å². The number of unbranched alkanes of at least 4 members (excludes halogenated alkanes) is 20. The van der Waals surface area contributed by atoms with Crippen LogP contribution in [0.4, 0.5) is 0 Å². The maximum absolute atomic E-state index is 12.7. The van der Waals surface area contributed by atoms with Crippen LogP contribution in [0.3, 0.4) is 0 Å². The van der Waals surface area contributed by atoms with Crippen LogP contribution in [0.2, 0.25) is 0 Å². The zero-order valence-corrected chi connectivity index (χ0v) is 34.3. The molecule has 8 nitrogen and oxygen atoms in total. The number of carbonyl (C=O) groups is 1. The van der Waals surface area contributed by atoms with Crippen LogP contribution in [0.5, 0.6) is 0 Å². The fraction of sp³-hybridized carbons (Fsp3) is 0.878. The number of quaternary nitrogens is 1. The summed E-state index contributed by atoms with van der Waals surface area (Å²) >= 11 is 0. The molecule has 50 heavy (non-hydrogen) atoms. The first-order valence-corrected chi connectivity index (χ1v) is 22.2. The van der Waals surface area contributed by atoms with Crippen molar-refractivity contribution >= 4 is 13.7 Å². The van der Waals surface area contributed by atoms with Crippen molar-refractivity contribution in [3.8, 4) is 0 Å². The molecule has 296 valence electrons. The Morgan fingerprint density at radius 1 is 0.680 bits per heavy atom. The third-order valence-corrected chi connectivity index (χ3v) is 10.2. The highest BCUT2D eigenvalue weighted by Gasteiger charge is 2.28. The smallest absolute Gasteiger partial charge is 0.391 e. The van der Waals surface area contributed by atoms with Crippen LogP contribution in [-0.4, -0.2) is 73.4 Å². The topological polar surface area (TPSA) is 105 Å². The largest absolute Gasteiger partial charge is 0.472 e. The van der Waals surface area contributed by atoms with Crippen molar-refractivity contribution in [2.24, 2.45) is 0 Å². The van der Waals surface area contributed by atoms with Crippen LogP contribution in [0.1, 0.15) is 181 Å². The van der Waals surface area contributed by atoms with Crippen LogP contribution >= 0.6 is 7.82 Å². The predicted octanol–water partition coefficient (Wildman–Crippen LogP) is 11.0. The van der Waals surface area contributed by atoms with Crippen molar-refractivity contribution in [2.75, 3.05) is 40.9 Å². The summed E-state index contributed by atoms with van der Waals surface area (Å²) in [6, 6.07) is -0.755. The third-order valence-electron chi connectivity index (χ3n) is 9.20. The highest BCUT2D eigenvalue weighted by Crippen LogP contribution is 2.43. The van der Waals surface area contributed by atoms with Crippen LogP contribution in [0, 0.1) is 0 Å². The number of amides is 1. The van der Waals surface area contributed by atoms with Gasteiger partial charge in [-0.05, 0) is 44.9 Å². The monoisotopic (exact) mass is 730 g/mol. The highest BCUT2D eigenvalue weighted by atomic mass is 31.2. The molecule has 3 atom stereocenters. The molecule has 0 radical (unpaired) electrons. The molecule has 3 N–H and O–H groups in total. The van der Waals surface area contributed by atoms with E-state index >= 15 is 0 Å². The van der Waals surface area contributed by atoms with E-state index in [1.807, 2.05) is 21.1 Å². The Bertz CT molecular complexity index is 876. The Morgan fingerprint density at radius 2 is 1.14 bits per heavy atom. The van der Waals surface area contributed by atoms with Crippen LogP contribution in [0.25, 0.3) is 0 Å². The summed E-state index contributed by atoms with van der Waals surface area (Å²) < 4.78 is 23.4. The van der Waals surface area contributed by atoms with Gasteiger partial charge in [0.1, 0.15) is 13.2 Å². The van der Waals surface area contributed by atoms with Crippen LogP contribution in [-0.2, 0) is 18.4 Å². The maximum atomic E-state index is 12.7. The molecule has 0 saturated carbocycles. The minimum atomic E-state index is -4.29. The number of nitrogens with one attached hydrogen (secondary N) is 1. The Labute approximate surface area is 309 Å². The SMILES string of the molecule is CCCCCCC/C=C\C/C=C\CCCCCCCCCCCCCC(=O)NC(COP(=O)(O)OCC[N+](C)(C)C)C(O)CCCCCCC. The molecular formula is C41H82N2O6P+. The van der Waals surface area contributed by atoms with Gasteiger partial charge in [0.25, 0.3) is 0 Å². The number of hydrogen-bond acceptors (Lipinski definition) is 5. The number of phosphoric acid groups is 1. The quantitative estimate of drug-likeness (QED) is 0.0254. The van der Waals surface area contributed by atoms with Gasteiger partial charge in [0.15, 0.2) is 0 Å². The molecule has 0 heterocycles. The Balaban J connectivity index is 4.06. The number of phosphoric ester groups is 1. The minimum absolute atomic E-state index is 0.0737. The molecule has 1 amide bonds. The molecule has 0 bridgehead atoms. The van der Waals surface area contributed by atoms with Crippen molar-refractivity contribution in [2.45, 2.75) is 193 Å². The summed E-state index contributed by atoms with van der Waals surface area (Å²) in [6.07, 6.45) is 38.2. The lowest BCUT2D eigenvalue weighted by Crippen LogP contribution is -2.46. The summed E-state index contributed by atoms with van der Waals surface area (Å²) in [5.41, 5.74) is 0. The molecule has 0 aliphatic heterocycles. The van der Waals surface area contributed by atoms with Crippen molar-refractivity contribution < 1.29 is 32.9 Å². The zero-order chi connectivity index (χ0) is 37.2. The van der Waals surface area contributed by atoms with E-state index in [1.54, 1.807) is 0 Å². The van der Waals surface area contributed by atoms with E-state index in [4.69, 9.17) is 9.05 Å². The molecule has 9 heteroatoms. The van der Waals surface area contributed by atoms with E-state index in [9.17, 15) is 19.4 Å². The minimum Gasteiger partial charge on any atom is -0.391 e. The Hall–Kier alpha value is -1.02. The van der Waals surface area contributed by atoms with Crippen molar-refractivity contribution in [1.82, 2.24) is 5.32 Å². The number of nitrogens with zero attached hydrogens (tertiary/aromatic N) is 1. The Morgan fingerprint density at radius 3 is 1.64 bits per heavy atom. The van der Waals surface area contributed by atoms with Gasteiger partial charge in [0, 0.05) is 6.42 Å². The second kappa shape index (κ2) is 33.8. The van der Waals surface area contributed by atoms with Gasteiger partial charge < -0.3 is 19.8 Å². The number of carbonyl (C=O) groups excluding carboxylic acids is 1. The lowest BCUT2D eigenvalue weighted by Gasteiger charge is -2.26. The number of allylic oxidation sites excluding steroid dienone is 4. The molecule has 0 aliphatic rings. The molecule has 0 aliphatic carbocycles. The molecule has 0 aromatic carbocycles. The first kappa shape index (κ1) is 49.0. The maximum Gasteiger partial charge on any atom is 0.472 e. The van der Waals surface area contributed by atoms with E-state index in [1.165, 1.54) is 96.3 Å². The van der Waals surface area contributed by atoms with Gasteiger partial charge in [-0.3, -0.25) is 13.8 Å². The Kier molecular flexibility index (Phi) is 33.1. The normalized spacial score (nSPS) is 14.8. The molecule has 0 aromatic rings. The molecule has 0 aromatic heterocycles. The van der Waals surface area contributed by atoms with Gasteiger partial charge in [-0.2, -0.15) is 0 Å². The van der Waals surface area contributed by atoms with Gasteiger partial charge in [0.05, 0.1) is 39.9 Å². The van der Waals surface area contributed by atoms with E-state index in [0.717, 1.165) is 57.8 Å². The third kappa shape index (κ3) is 35.4. The summed E-state index contributed by atoms with van der Waals surface area (Å²) in [5.74, 6) is -0.154. The number of hydrogen-bond donors (Lipinski definition) is 3. The van der Waals surface area contributed by atoms with Gasteiger partial charge in [0.2, 0.25) is 5.91 Å². The van der Waals surface area contributed by atoms with Crippen molar-refractivity contribution in [3.63, 3.8) is 0 Å². The van der Waals surface area contributed by atoms with E-state index in [0.29, 0.717) is 23.9 Å². The number of aliphatic hydroxyl groups is 1. The molecular weight excluding hydrogens is 647 g/mol. The van der Waals surface area contributed by atoms with Gasteiger partial charge in [-0.25, -0.2) is 4.57 Å². The second-order valence-corrected chi connectivity index (χ2v) is 16.8. The molecule has 0 rings (SSSR count). The van der Waals surface area contributed by atoms with Gasteiger partial charge in [-0.15, -0.1) is 0 Å². The average molecular weight is 730 g/mol. The van der Waals surface area contributed by atoms with Crippen LogP contribution < -0.4 is 5.32 Å². The summed E-state index contributed by atoms with van der Waals surface area (Å²) in [7, 11) is 1.61. The van der Waals surface area contributed by atoms with Gasteiger partial charge >= 0.3 is 7.82 Å². The highest BCUT2D eigenvalue weighted by molar-refractivity contribution is 7.47. The van der Waals surface area contributed by atoms with E-state index in [-0.39, 0.29) is 19.1 Å². The van der Waals surface area contributed by atoms with Gasteiger partial charge in [-0.1, -0.05) is 154 Å². The summed E-state index contributed by atoms with van der Waals surface area (Å²) in [6.45, 7) is 4.78. The number of aliphatic hydroxyl groups excluding tert-OH is 1. The first-order valence-electron chi connectivity index (χ1n) is 20.7. The lowest BCUT2D eigenvalue weighted by molar-refractivity contribution is -0.870. The average Bonchev–Trinajstić information content (AvgIpc) is 3.06. The fourth-order valence-electron chi connectivity index (χ4n) is 5.84. The first-order chi connectivity index (χ1) is 24.0. The number of likely N-dealkylation sites (N-methyl/N-ethyl adjacent to an activating group) is 1. The summed E-state index contributed by atoms with van der Waals surface area (Å²) in [4.78, 5) is 22.9. The van der Waals surface area contributed by atoms with Crippen molar-refractivity contribution in [3.05, 3.63) is 24.3 Å². The molecule has 3 unspecified atom stereocenters. The fourth-order valence-corrected chi connectivity index (χ4v) is 6.57. The molecule has 0 spiro atoms. The second-order valence-electron chi connectivity index (χ2n) is 15.4. The lowest BCUT2D eigenvalue weighted by atomic mass is 10.0.